The van der Waals surface area contributed by atoms with E-state index in [9.17, 15) is 4.79 Å². The van der Waals surface area contributed by atoms with Crippen molar-refractivity contribution in [3.05, 3.63) is 16.1 Å². The SMILES string of the molecule is CCCc1nc(CN(CC(N)=O)C2CCNCC2)cs1. The third-order valence-corrected chi connectivity index (χ3v) is 4.57. The number of thiazole rings is 1. The standard InChI is InChI=1S/C14H24N4OS/c1-2-3-14-17-11(10-20-14)8-18(9-13(15)19)12-4-6-16-7-5-12/h10,12,16H,2-9H2,1H3,(H2,15,19). The fourth-order valence-electron chi connectivity index (χ4n) is 2.64. The predicted octanol–water partition coefficient (Wildman–Crippen LogP) is 1.13. The quantitative estimate of drug-likeness (QED) is 0.791. The largest absolute Gasteiger partial charge is 0.369 e. The number of piperidine rings is 1. The first-order chi connectivity index (χ1) is 9.69. The second-order valence-corrected chi connectivity index (χ2v) is 6.28. The fourth-order valence-corrected chi connectivity index (χ4v) is 3.54. The van der Waals surface area contributed by atoms with Crippen molar-refractivity contribution in [2.75, 3.05) is 19.6 Å². The molecule has 1 aromatic rings. The highest BCUT2D eigenvalue weighted by Crippen LogP contribution is 2.18. The molecule has 1 fully saturated rings. The molecule has 1 aliphatic rings. The Hall–Kier alpha value is -0.980. The highest BCUT2D eigenvalue weighted by atomic mass is 32.1. The van der Waals surface area contributed by atoms with E-state index in [1.165, 1.54) is 5.01 Å². The first-order valence-corrected chi connectivity index (χ1v) is 8.23. The zero-order valence-electron chi connectivity index (χ0n) is 12.1. The Labute approximate surface area is 124 Å². The van der Waals surface area contributed by atoms with Gasteiger partial charge in [-0.3, -0.25) is 9.69 Å². The molecule has 0 spiro atoms. The van der Waals surface area contributed by atoms with Crippen LogP contribution in [-0.4, -0.2) is 41.5 Å². The van der Waals surface area contributed by atoms with Gasteiger partial charge in [-0.25, -0.2) is 4.98 Å². The van der Waals surface area contributed by atoms with E-state index in [-0.39, 0.29) is 5.91 Å². The molecule has 2 rings (SSSR count). The number of carbonyl (C=O) groups is 1. The van der Waals surface area contributed by atoms with Gasteiger partial charge in [0.25, 0.3) is 0 Å². The summed E-state index contributed by atoms with van der Waals surface area (Å²) < 4.78 is 0. The second kappa shape index (κ2) is 7.71. The number of nitrogens with two attached hydrogens (primary N) is 1. The number of primary amides is 1. The fraction of sp³-hybridized carbons (Fsp3) is 0.714. The Kier molecular flexibility index (Phi) is 5.94. The summed E-state index contributed by atoms with van der Waals surface area (Å²) in [4.78, 5) is 18.1. The molecule has 0 aliphatic carbocycles. The highest BCUT2D eigenvalue weighted by molar-refractivity contribution is 7.09. The minimum atomic E-state index is -0.257. The molecule has 0 aromatic carbocycles. The van der Waals surface area contributed by atoms with Gasteiger partial charge in [0, 0.05) is 18.0 Å². The van der Waals surface area contributed by atoms with E-state index < -0.39 is 0 Å². The molecule has 3 N–H and O–H groups in total. The summed E-state index contributed by atoms with van der Waals surface area (Å²) in [6, 6.07) is 0.431. The average molecular weight is 296 g/mol. The molecule has 1 aliphatic heterocycles. The van der Waals surface area contributed by atoms with Gasteiger partial charge in [-0.1, -0.05) is 6.92 Å². The summed E-state index contributed by atoms with van der Waals surface area (Å²) in [5.41, 5.74) is 6.46. The number of aromatic nitrogens is 1. The average Bonchev–Trinajstić information content (AvgIpc) is 2.86. The Morgan fingerprint density at radius 2 is 2.30 bits per heavy atom. The number of carbonyl (C=O) groups excluding carboxylic acids is 1. The first-order valence-electron chi connectivity index (χ1n) is 7.35. The van der Waals surface area contributed by atoms with Crippen LogP contribution in [0.1, 0.15) is 36.9 Å². The van der Waals surface area contributed by atoms with Crippen LogP contribution in [0.25, 0.3) is 0 Å². The Morgan fingerprint density at radius 1 is 1.55 bits per heavy atom. The van der Waals surface area contributed by atoms with E-state index in [0.717, 1.165) is 51.0 Å². The molecule has 1 amide bonds. The van der Waals surface area contributed by atoms with E-state index in [2.05, 4.69) is 27.5 Å². The molecule has 20 heavy (non-hydrogen) atoms. The van der Waals surface area contributed by atoms with Gasteiger partial charge in [-0.05, 0) is 38.8 Å². The van der Waals surface area contributed by atoms with Gasteiger partial charge in [0.1, 0.15) is 0 Å². The lowest BCUT2D eigenvalue weighted by Gasteiger charge is -2.33. The summed E-state index contributed by atoms with van der Waals surface area (Å²) in [6.45, 7) is 5.24. The van der Waals surface area contributed by atoms with E-state index in [0.29, 0.717) is 12.6 Å². The maximum absolute atomic E-state index is 11.3. The molecule has 2 heterocycles. The molecule has 0 radical (unpaired) electrons. The van der Waals surface area contributed by atoms with Crippen molar-refractivity contribution in [1.29, 1.82) is 0 Å². The normalized spacial score (nSPS) is 16.7. The molecule has 112 valence electrons. The monoisotopic (exact) mass is 296 g/mol. The van der Waals surface area contributed by atoms with Crippen LogP contribution < -0.4 is 11.1 Å². The zero-order valence-corrected chi connectivity index (χ0v) is 12.9. The molecule has 0 bridgehead atoms. The van der Waals surface area contributed by atoms with Gasteiger partial charge in [-0.15, -0.1) is 11.3 Å². The summed E-state index contributed by atoms with van der Waals surface area (Å²) >= 11 is 1.72. The van der Waals surface area contributed by atoms with Crippen LogP contribution in [0.5, 0.6) is 0 Å². The lowest BCUT2D eigenvalue weighted by Crippen LogP contribution is -2.46. The van der Waals surface area contributed by atoms with Gasteiger partial charge in [-0.2, -0.15) is 0 Å². The van der Waals surface area contributed by atoms with E-state index in [1.54, 1.807) is 11.3 Å². The molecular weight excluding hydrogens is 272 g/mol. The number of hydrogen-bond donors (Lipinski definition) is 2. The van der Waals surface area contributed by atoms with E-state index in [1.807, 2.05) is 0 Å². The van der Waals surface area contributed by atoms with Crippen LogP contribution in [0.3, 0.4) is 0 Å². The van der Waals surface area contributed by atoms with Gasteiger partial charge in [0.2, 0.25) is 5.91 Å². The number of hydrogen-bond acceptors (Lipinski definition) is 5. The van der Waals surface area contributed by atoms with Gasteiger partial charge in [0.05, 0.1) is 17.2 Å². The summed E-state index contributed by atoms with van der Waals surface area (Å²) in [5, 5.41) is 6.65. The molecule has 5 nitrogen and oxygen atoms in total. The summed E-state index contributed by atoms with van der Waals surface area (Å²) in [5.74, 6) is -0.257. The maximum Gasteiger partial charge on any atom is 0.231 e. The lowest BCUT2D eigenvalue weighted by atomic mass is 10.0. The number of rotatable bonds is 7. The highest BCUT2D eigenvalue weighted by Gasteiger charge is 2.23. The summed E-state index contributed by atoms with van der Waals surface area (Å²) in [6.07, 6.45) is 4.29. The second-order valence-electron chi connectivity index (χ2n) is 5.34. The Balaban J connectivity index is 1.99. The Morgan fingerprint density at radius 3 is 2.95 bits per heavy atom. The van der Waals surface area contributed by atoms with Crippen molar-refractivity contribution in [2.24, 2.45) is 5.73 Å². The minimum absolute atomic E-state index is 0.257. The lowest BCUT2D eigenvalue weighted by molar-refractivity contribution is -0.120. The van der Waals surface area contributed by atoms with Crippen LogP contribution in [-0.2, 0) is 17.8 Å². The van der Waals surface area contributed by atoms with Gasteiger partial charge < -0.3 is 11.1 Å². The van der Waals surface area contributed by atoms with Crippen LogP contribution in [0, 0.1) is 0 Å². The van der Waals surface area contributed by atoms with Crippen molar-refractivity contribution in [3.63, 3.8) is 0 Å². The van der Waals surface area contributed by atoms with Crippen molar-refractivity contribution < 1.29 is 4.79 Å². The van der Waals surface area contributed by atoms with Crippen molar-refractivity contribution >= 4 is 17.2 Å². The maximum atomic E-state index is 11.3. The molecule has 6 heteroatoms. The Bertz CT molecular complexity index is 429. The van der Waals surface area contributed by atoms with Crippen LogP contribution in [0.4, 0.5) is 0 Å². The number of nitrogens with zero attached hydrogens (tertiary/aromatic N) is 2. The molecule has 0 unspecified atom stereocenters. The number of nitrogens with one attached hydrogen (secondary N) is 1. The molecule has 1 aromatic heterocycles. The molecule has 1 saturated heterocycles. The first kappa shape index (κ1) is 15.4. The smallest absolute Gasteiger partial charge is 0.231 e. The third kappa shape index (κ3) is 4.54. The van der Waals surface area contributed by atoms with Crippen molar-refractivity contribution in [1.82, 2.24) is 15.2 Å². The van der Waals surface area contributed by atoms with E-state index >= 15 is 0 Å². The molecular formula is C14H24N4OS. The van der Waals surface area contributed by atoms with Crippen LogP contribution >= 0.6 is 11.3 Å². The van der Waals surface area contributed by atoms with Crippen molar-refractivity contribution in [3.8, 4) is 0 Å². The van der Waals surface area contributed by atoms with E-state index in [4.69, 9.17) is 5.73 Å². The topological polar surface area (TPSA) is 71.2 Å². The van der Waals surface area contributed by atoms with Crippen LogP contribution in [0.2, 0.25) is 0 Å². The molecule has 0 atom stereocenters. The zero-order chi connectivity index (χ0) is 14.4. The van der Waals surface area contributed by atoms with Gasteiger partial charge in [0.15, 0.2) is 0 Å². The number of amides is 1. The van der Waals surface area contributed by atoms with Gasteiger partial charge >= 0.3 is 0 Å². The van der Waals surface area contributed by atoms with Crippen molar-refractivity contribution in [2.45, 2.75) is 45.2 Å². The van der Waals surface area contributed by atoms with Crippen LogP contribution in [0.15, 0.2) is 5.38 Å². The predicted molar refractivity (Wildman–Crippen MR) is 81.6 cm³/mol. The third-order valence-electron chi connectivity index (χ3n) is 3.61. The minimum Gasteiger partial charge on any atom is -0.369 e. The molecule has 0 saturated carbocycles. The number of aryl methyl sites for hydroxylation is 1. The summed E-state index contributed by atoms with van der Waals surface area (Å²) in [7, 11) is 0.